The second-order valence-corrected chi connectivity index (χ2v) is 6.48. The average molecular weight is 256 g/mol. The van der Waals surface area contributed by atoms with Gasteiger partial charge >= 0.3 is 0 Å². The Morgan fingerprint density at radius 2 is 1.78 bits per heavy atom. The van der Waals surface area contributed by atoms with Gasteiger partial charge in [0.15, 0.2) is 0 Å². The lowest BCUT2D eigenvalue weighted by Crippen LogP contribution is -2.34. The van der Waals surface area contributed by atoms with Crippen molar-refractivity contribution in [3.63, 3.8) is 0 Å². The predicted molar refractivity (Wildman–Crippen MR) is 73.5 cm³/mol. The number of hydrogen-bond acceptors (Lipinski definition) is 0. The molecule has 2 unspecified atom stereocenters. The SMILES string of the molecule is CCC(CC)C(C1C=C(F)C=C(F)C1)C(C)(C)C. The largest absolute Gasteiger partial charge is 0.212 e. The third-order valence-corrected chi connectivity index (χ3v) is 4.12. The molecule has 2 heteroatoms. The summed E-state index contributed by atoms with van der Waals surface area (Å²) in [5, 5.41) is 0. The standard InChI is InChI=1S/C16H26F2/c1-6-11(7-2)15(16(3,4)5)12-8-13(17)10-14(18)9-12/h8,10-12,15H,6-7,9H2,1-5H3. The molecule has 2 atom stereocenters. The number of hydrogen-bond donors (Lipinski definition) is 0. The second-order valence-electron chi connectivity index (χ2n) is 6.48. The van der Waals surface area contributed by atoms with Crippen molar-refractivity contribution in [3.05, 3.63) is 23.8 Å². The molecule has 0 radical (unpaired) electrons. The summed E-state index contributed by atoms with van der Waals surface area (Å²) in [6.07, 6.45) is 5.12. The van der Waals surface area contributed by atoms with E-state index in [0.717, 1.165) is 18.9 Å². The third-order valence-electron chi connectivity index (χ3n) is 4.12. The van der Waals surface area contributed by atoms with Crippen LogP contribution < -0.4 is 0 Å². The minimum Gasteiger partial charge on any atom is -0.212 e. The molecule has 0 heterocycles. The number of allylic oxidation sites excluding steroid dienone is 4. The van der Waals surface area contributed by atoms with E-state index in [4.69, 9.17) is 0 Å². The summed E-state index contributed by atoms with van der Waals surface area (Å²) in [7, 11) is 0. The molecular formula is C16H26F2. The van der Waals surface area contributed by atoms with Crippen molar-refractivity contribution in [1.29, 1.82) is 0 Å². The molecule has 0 amide bonds. The molecule has 0 saturated heterocycles. The fraction of sp³-hybridized carbons (Fsp3) is 0.750. The predicted octanol–water partition coefficient (Wildman–Crippen LogP) is 5.81. The number of halogens is 2. The Balaban J connectivity index is 3.02. The van der Waals surface area contributed by atoms with Crippen LogP contribution in [0, 0.1) is 23.2 Å². The van der Waals surface area contributed by atoms with Gasteiger partial charge in [0.25, 0.3) is 0 Å². The van der Waals surface area contributed by atoms with Crippen LogP contribution in [-0.4, -0.2) is 0 Å². The molecule has 0 saturated carbocycles. The van der Waals surface area contributed by atoms with E-state index in [0.29, 0.717) is 18.3 Å². The summed E-state index contributed by atoms with van der Waals surface area (Å²) in [5.41, 5.74) is 0.0652. The summed E-state index contributed by atoms with van der Waals surface area (Å²) >= 11 is 0. The van der Waals surface area contributed by atoms with Crippen molar-refractivity contribution < 1.29 is 8.78 Å². The van der Waals surface area contributed by atoms with Gasteiger partial charge in [-0.25, -0.2) is 8.78 Å². The van der Waals surface area contributed by atoms with Crippen LogP contribution in [0.3, 0.4) is 0 Å². The van der Waals surface area contributed by atoms with Gasteiger partial charge in [-0.05, 0) is 29.2 Å². The van der Waals surface area contributed by atoms with Gasteiger partial charge in [-0.1, -0.05) is 47.5 Å². The van der Waals surface area contributed by atoms with Crippen molar-refractivity contribution in [2.45, 2.75) is 53.9 Å². The zero-order valence-corrected chi connectivity index (χ0v) is 12.3. The maximum absolute atomic E-state index is 13.5. The van der Waals surface area contributed by atoms with Gasteiger partial charge < -0.3 is 0 Å². The lowest BCUT2D eigenvalue weighted by Gasteiger charge is -2.41. The maximum Gasteiger partial charge on any atom is 0.122 e. The fourth-order valence-corrected chi connectivity index (χ4v) is 3.47. The molecule has 0 aromatic heterocycles. The van der Waals surface area contributed by atoms with Crippen molar-refractivity contribution in [2.24, 2.45) is 23.2 Å². The van der Waals surface area contributed by atoms with Crippen LogP contribution in [0.5, 0.6) is 0 Å². The summed E-state index contributed by atoms with van der Waals surface area (Å²) in [4.78, 5) is 0. The molecule has 0 fully saturated rings. The van der Waals surface area contributed by atoms with Crippen LogP contribution in [-0.2, 0) is 0 Å². The minimum absolute atomic E-state index is 0.0140. The van der Waals surface area contributed by atoms with Crippen LogP contribution in [0.2, 0.25) is 0 Å². The molecule has 1 aliphatic carbocycles. The smallest absolute Gasteiger partial charge is 0.122 e. The first kappa shape index (κ1) is 15.4. The van der Waals surface area contributed by atoms with Crippen LogP contribution >= 0.6 is 0 Å². The highest BCUT2D eigenvalue weighted by molar-refractivity contribution is 5.22. The lowest BCUT2D eigenvalue weighted by molar-refractivity contribution is 0.0988. The molecule has 0 aromatic rings. The highest BCUT2D eigenvalue weighted by Gasteiger charge is 2.37. The summed E-state index contributed by atoms with van der Waals surface area (Å²) in [5.74, 6) is 0.0895. The molecule has 0 bridgehead atoms. The molecular weight excluding hydrogens is 230 g/mol. The molecule has 1 rings (SSSR count). The van der Waals surface area contributed by atoms with Crippen LogP contribution in [0.15, 0.2) is 23.8 Å². The molecule has 0 spiro atoms. The topological polar surface area (TPSA) is 0 Å². The Labute approximate surface area is 110 Å². The van der Waals surface area contributed by atoms with Crippen molar-refractivity contribution in [1.82, 2.24) is 0 Å². The molecule has 0 N–H and O–H groups in total. The van der Waals surface area contributed by atoms with Gasteiger partial charge in [-0.2, -0.15) is 0 Å². The Hall–Kier alpha value is -0.660. The highest BCUT2D eigenvalue weighted by Crippen LogP contribution is 2.45. The average Bonchev–Trinajstić information content (AvgIpc) is 2.22. The van der Waals surface area contributed by atoms with Gasteiger partial charge in [0, 0.05) is 12.5 Å². The summed E-state index contributed by atoms with van der Waals surface area (Å²) in [6.45, 7) is 10.9. The summed E-state index contributed by atoms with van der Waals surface area (Å²) in [6, 6.07) is 0. The monoisotopic (exact) mass is 256 g/mol. The zero-order valence-electron chi connectivity index (χ0n) is 12.3. The Kier molecular flexibility index (Phi) is 5.12. The van der Waals surface area contributed by atoms with Gasteiger partial charge in [-0.3, -0.25) is 0 Å². The van der Waals surface area contributed by atoms with E-state index in [2.05, 4.69) is 34.6 Å². The zero-order chi connectivity index (χ0) is 13.9. The molecule has 0 aromatic carbocycles. The van der Waals surface area contributed by atoms with E-state index in [1.807, 2.05) is 0 Å². The van der Waals surface area contributed by atoms with Gasteiger partial charge in [0.2, 0.25) is 0 Å². The Morgan fingerprint density at radius 3 is 2.17 bits per heavy atom. The van der Waals surface area contributed by atoms with E-state index >= 15 is 0 Å². The van der Waals surface area contributed by atoms with E-state index < -0.39 is 5.83 Å². The first-order chi connectivity index (χ1) is 8.29. The van der Waals surface area contributed by atoms with E-state index in [1.54, 1.807) is 6.08 Å². The lowest BCUT2D eigenvalue weighted by atomic mass is 9.63. The number of rotatable bonds is 4. The van der Waals surface area contributed by atoms with Gasteiger partial charge in [0.1, 0.15) is 11.7 Å². The first-order valence-electron chi connectivity index (χ1n) is 7.03. The van der Waals surface area contributed by atoms with Crippen LogP contribution in [0.25, 0.3) is 0 Å². The third kappa shape index (κ3) is 3.66. The first-order valence-corrected chi connectivity index (χ1v) is 7.03. The second kappa shape index (κ2) is 5.99. The summed E-state index contributed by atoms with van der Waals surface area (Å²) < 4.78 is 26.9. The molecule has 18 heavy (non-hydrogen) atoms. The van der Waals surface area contributed by atoms with Crippen molar-refractivity contribution in [2.75, 3.05) is 0 Å². The van der Waals surface area contributed by atoms with Crippen LogP contribution in [0.4, 0.5) is 8.78 Å². The highest BCUT2D eigenvalue weighted by atomic mass is 19.1. The molecule has 104 valence electrons. The van der Waals surface area contributed by atoms with E-state index in [-0.39, 0.29) is 17.2 Å². The quantitative estimate of drug-likeness (QED) is 0.595. The van der Waals surface area contributed by atoms with E-state index in [9.17, 15) is 8.78 Å². The van der Waals surface area contributed by atoms with Crippen molar-refractivity contribution >= 4 is 0 Å². The van der Waals surface area contributed by atoms with Crippen molar-refractivity contribution in [3.8, 4) is 0 Å². The van der Waals surface area contributed by atoms with Crippen LogP contribution in [0.1, 0.15) is 53.9 Å². The van der Waals surface area contributed by atoms with Gasteiger partial charge in [0.05, 0.1) is 0 Å². The molecule has 0 nitrogen and oxygen atoms in total. The van der Waals surface area contributed by atoms with E-state index in [1.165, 1.54) is 0 Å². The maximum atomic E-state index is 13.5. The molecule has 0 aliphatic heterocycles. The Morgan fingerprint density at radius 1 is 1.22 bits per heavy atom. The minimum atomic E-state index is -0.413. The van der Waals surface area contributed by atoms with Gasteiger partial charge in [-0.15, -0.1) is 0 Å². The normalized spacial score (nSPS) is 22.8. The molecule has 1 aliphatic rings. The Bertz CT molecular complexity index is 329. The fourth-order valence-electron chi connectivity index (χ4n) is 3.47.